The van der Waals surface area contributed by atoms with E-state index in [0.29, 0.717) is 0 Å². The molecule has 0 unspecified atom stereocenters. The van der Waals surface area contributed by atoms with E-state index in [0.717, 1.165) is 6.42 Å². The van der Waals surface area contributed by atoms with Crippen LogP contribution in [0.5, 0.6) is 0 Å². The van der Waals surface area contributed by atoms with Crippen molar-refractivity contribution in [2.45, 2.75) is 11.9 Å². The van der Waals surface area contributed by atoms with Crippen LogP contribution in [0.2, 0.25) is 0 Å². The van der Waals surface area contributed by atoms with Crippen LogP contribution >= 0.6 is 11.3 Å². The van der Waals surface area contributed by atoms with Gasteiger partial charge >= 0.3 is 15.6 Å². The first-order valence-electron chi connectivity index (χ1n) is 13.7. The predicted molar refractivity (Wildman–Crippen MR) is 172 cm³/mol. The molecule has 44 heavy (non-hydrogen) atoms. The van der Waals surface area contributed by atoms with Gasteiger partial charge in [-0.2, -0.15) is 21.6 Å². The van der Waals surface area contributed by atoms with Gasteiger partial charge in [0.2, 0.25) is 0 Å². The summed E-state index contributed by atoms with van der Waals surface area (Å²) < 4.78 is 57.5. The van der Waals surface area contributed by atoms with Gasteiger partial charge in [0.05, 0.1) is 0 Å². The van der Waals surface area contributed by atoms with Crippen molar-refractivity contribution in [2.24, 2.45) is 0 Å². The molecule has 1 heterocycles. The molecule has 1 aliphatic carbocycles. The van der Waals surface area contributed by atoms with Crippen LogP contribution in [0.4, 0.5) is 13.2 Å². The zero-order valence-electron chi connectivity index (χ0n) is 23.1. The van der Waals surface area contributed by atoms with Crippen molar-refractivity contribution in [3.05, 3.63) is 144 Å². The Kier molecular flexibility index (Phi) is 7.98. The lowest BCUT2D eigenvalue weighted by atomic mass is 9.84. The maximum absolute atomic E-state index is 10.7. The molecular formula is C36H25F3O3S2. The molecule has 0 saturated carbocycles. The van der Waals surface area contributed by atoms with Gasteiger partial charge in [0, 0.05) is 10.4 Å². The first kappa shape index (κ1) is 29.6. The smallest absolute Gasteiger partial charge is 0.279 e. The van der Waals surface area contributed by atoms with Crippen LogP contribution in [0.25, 0.3) is 54.9 Å². The molecule has 0 aliphatic heterocycles. The predicted octanol–water partition coefficient (Wildman–Crippen LogP) is 10.4. The summed E-state index contributed by atoms with van der Waals surface area (Å²) in [5.74, 6) is 0. The molecule has 0 fully saturated rings. The molecule has 7 rings (SSSR count). The molecule has 0 saturated heterocycles. The summed E-state index contributed by atoms with van der Waals surface area (Å²) in [6, 6.07) is 46.2. The molecule has 0 radical (unpaired) electrons. The third-order valence-electron chi connectivity index (χ3n) is 7.50. The number of rotatable bonds is 4. The van der Waals surface area contributed by atoms with E-state index in [-0.39, 0.29) is 0 Å². The molecular weight excluding hydrogens is 602 g/mol. The summed E-state index contributed by atoms with van der Waals surface area (Å²) in [6.45, 7) is 0. The highest BCUT2D eigenvalue weighted by Gasteiger charge is 2.44. The van der Waals surface area contributed by atoms with E-state index in [2.05, 4.69) is 133 Å². The van der Waals surface area contributed by atoms with Gasteiger partial charge in [-0.25, -0.2) is 0 Å². The summed E-state index contributed by atoms with van der Waals surface area (Å²) in [4.78, 5) is 1.33. The van der Waals surface area contributed by atoms with Crippen LogP contribution in [0.1, 0.15) is 11.1 Å². The molecule has 0 amide bonds. The maximum Gasteiger partial charge on any atom is 0.522 e. The SMILES string of the molecule is O=S(=O)(O)C(F)(F)F.c1ccc(-c2csc(-c3c4c(cc(-c5ccccc5)c3-c3ccccc3)-c3ccccc3C4)c2)cc1. The second kappa shape index (κ2) is 11.9. The molecule has 1 N–H and O–H groups in total. The monoisotopic (exact) mass is 626 g/mol. The minimum absolute atomic E-state index is 0.967. The lowest BCUT2D eigenvalue weighted by molar-refractivity contribution is -0.0510. The Morgan fingerprint density at radius 3 is 1.70 bits per heavy atom. The first-order chi connectivity index (χ1) is 21.1. The summed E-state index contributed by atoms with van der Waals surface area (Å²) in [7, 11) is -5.84. The van der Waals surface area contributed by atoms with Crippen molar-refractivity contribution in [3.63, 3.8) is 0 Å². The standard InChI is InChI=1S/C35H24S.CHF3O3S/c1-4-12-24(13-5-1)28-21-33(36-23-28)35-32-20-27-18-10-11-19-29(27)31(32)22-30(25-14-6-2-7-15-25)34(35)26-16-8-3-9-17-26;2-1(3,4)8(5,6)7/h1-19,21-23H,20H2;(H,5,6,7). The van der Waals surface area contributed by atoms with Crippen molar-refractivity contribution in [2.75, 3.05) is 0 Å². The number of hydrogen-bond donors (Lipinski definition) is 1. The van der Waals surface area contributed by atoms with Crippen LogP contribution in [-0.4, -0.2) is 18.5 Å². The minimum atomic E-state index is -5.84. The van der Waals surface area contributed by atoms with E-state index < -0.39 is 15.6 Å². The number of benzene rings is 5. The molecule has 1 aliphatic rings. The largest absolute Gasteiger partial charge is 0.522 e. The second-order valence-electron chi connectivity index (χ2n) is 10.3. The fourth-order valence-corrected chi connectivity index (χ4v) is 6.54. The quantitative estimate of drug-likeness (QED) is 0.156. The van der Waals surface area contributed by atoms with Gasteiger partial charge in [-0.15, -0.1) is 11.3 Å². The third-order valence-corrected chi connectivity index (χ3v) is 9.04. The maximum atomic E-state index is 10.7. The van der Waals surface area contributed by atoms with Crippen LogP contribution < -0.4 is 0 Å². The van der Waals surface area contributed by atoms with Crippen molar-refractivity contribution in [1.82, 2.24) is 0 Å². The van der Waals surface area contributed by atoms with E-state index in [1.165, 1.54) is 66.1 Å². The lowest BCUT2D eigenvalue weighted by Crippen LogP contribution is -2.21. The van der Waals surface area contributed by atoms with E-state index in [1.807, 2.05) is 11.3 Å². The summed E-state index contributed by atoms with van der Waals surface area (Å²) in [5.41, 5.74) is 9.12. The average molecular weight is 627 g/mol. The van der Waals surface area contributed by atoms with Gasteiger partial charge < -0.3 is 0 Å². The molecule has 0 atom stereocenters. The molecule has 0 spiro atoms. The Morgan fingerprint density at radius 1 is 0.591 bits per heavy atom. The van der Waals surface area contributed by atoms with Crippen LogP contribution in [0, 0.1) is 0 Å². The third kappa shape index (κ3) is 5.84. The van der Waals surface area contributed by atoms with Gasteiger partial charge in [-0.05, 0) is 79.6 Å². The van der Waals surface area contributed by atoms with Crippen LogP contribution in [0.15, 0.2) is 133 Å². The Bertz CT molecular complexity index is 2040. The first-order valence-corrected chi connectivity index (χ1v) is 16.0. The molecule has 0 bridgehead atoms. The van der Waals surface area contributed by atoms with Gasteiger partial charge in [0.15, 0.2) is 0 Å². The average Bonchev–Trinajstić information content (AvgIpc) is 3.66. The zero-order valence-corrected chi connectivity index (χ0v) is 24.8. The van der Waals surface area contributed by atoms with Crippen LogP contribution in [-0.2, 0) is 16.5 Å². The molecule has 5 aromatic carbocycles. The Balaban J connectivity index is 0.000000381. The van der Waals surface area contributed by atoms with Crippen molar-refractivity contribution in [1.29, 1.82) is 0 Å². The second-order valence-corrected chi connectivity index (χ2v) is 12.6. The van der Waals surface area contributed by atoms with Crippen molar-refractivity contribution >= 4 is 21.5 Å². The molecule has 1 aromatic heterocycles. The lowest BCUT2D eigenvalue weighted by Gasteiger charge is -2.20. The van der Waals surface area contributed by atoms with E-state index in [1.54, 1.807) is 0 Å². The van der Waals surface area contributed by atoms with E-state index in [4.69, 9.17) is 13.0 Å². The summed E-state index contributed by atoms with van der Waals surface area (Å²) in [6.07, 6.45) is 0.967. The minimum Gasteiger partial charge on any atom is -0.279 e. The summed E-state index contributed by atoms with van der Waals surface area (Å²) >= 11 is 1.85. The normalized spacial score (nSPS) is 12.2. The number of thiophene rings is 1. The number of halogens is 3. The van der Waals surface area contributed by atoms with Crippen molar-refractivity contribution in [3.8, 4) is 54.9 Å². The highest BCUT2D eigenvalue weighted by atomic mass is 32.2. The Morgan fingerprint density at radius 2 is 1.11 bits per heavy atom. The molecule has 6 aromatic rings. The topological polar surface area (TPSA) is 54.4 Å². The summed E-state index contributed by atoms with van der Waals surface area (Å²) in [5, 5.41) is 2.31. The molecule has 8 heteroatoms. The van der Waals surface area contributed by atoms with E-state index in [9.17, 15) is 13.2 Å². The van der Waals surface area contributed by atoms with E-state index >= 15 is 0 Å². The Labute approximate surface area is 257 Å². The Hall–Kier alpha value is -4.50. The highest BCUT2D eigenvalue weighted by Crippen LogP contribution is 2.51. The van der Waals surface area contributed by atoms with Gasteiger partial charge in [0.1, 0.15) is 0 Å². The van der Waals surface area contributed by atoms with Gasteiger partial charge in [-0.3, -0.25) is 4.55 Å². The zero-order chi connectivity index (χ0) is 30.9. The van der Waals surface area contributed by atoms with Crippen molar-refractivity contribution < 1.29 is 26.1 Å². The van der Waals surface area contributed by atoms with Crippen LogP contribution in [0.3, 0.4) is 0 Å². The number of alkyl halides is 3. The number of hydrogen-bond acceptors (Lipinski definition) is 3. The fraction of sp³-hybridized carbons (Fsp3) is 0.0556. The fourth-order valence-electron chi connectivity index (χ4n) is 5.55. The number of fused-ring (bicyclic) bond motifs is 3. The highest BCUT2D eigenvalue weighted by molar-refractivity contribution is 7.86. The van der Waals surface area contributed by atoms with Gasteiger partial charge in [0.25, 0.3) is 0 Å². The van der Waals surface area contributed by atoms with Gasteiger partial charge in [-0.1, -0.05) is 115 Å². The molecule has 3 nitrogen and oxygen atoms in total. The molecule has 220 valence electrons.